The van der Waals surface area contributed by atoms with Crippen LogP contribution in [0.1, 0.15) is 43.1 Å². The molecule has 1 aliphatic heterocycles. The van der Waals surface area contributed by atoms with E-state index >= 15 is 0 Å². The lowest BCUT2D eigenvalue weighted by Gasteiger charge is -2.18. The second-order valence-corrected chi connectivity index (χ2v) is 13.1. The molecule has 5 aromatic rings. The number of pyridine rings is 1. The molecule has 0 bridgehead atoms. The number of rotatable bonds is 12. The van der Waals surface area contributed by atoms with Gasteiger partial charge in [-0.1, -0.05) is 83.9 Å². The Morgan fingerprint density at radius 3 is 2.42 bits per heavy atom. The van der Waals surface area contributed by atoms with E-state index in [1.165, 1.54) is 11.1 Å². The molecule has 0 unspecified atom stereocenters. The summed E-state index contributed by atoms with van der Waals surface area (Å²) in [6, 6.07) is 22.8. The number of hydrogen-bond acceptors (Lipinski definition) is 8. The number of aromatic nitrogens is 6. The summed E-state index contributed by atoms with van der Waals surface area (Å²) in [6.07, 6.45) is 5.12. The fraction of sp³-hybridized carbons (Fsp3) is 0.344. The number of fused-ring (bicyclic) bond motifs is 1. The number of alkyl halides is 2. The highest BCUT2D eigenvalue weighted by Crippen LogP contribution is 2.35. The molecule has 0 N–H and O–H groups in total. The number of anilines is 1. The fourth-order valence-corrected chi connectivity index (χ4v) is 7.21. The summed E-state index contributed by atoms with van der Waals surface area (Å²) in [6.45, 7) is 2.43. The fourth-order valence-electron chi connectivity index (χ4n) is 5.31. The van der Waals surface area contributed by atoms with Crippen molar-refractivity contribution in [1.82, 2.24) is 29.9 Å². The van der Waals surface area contributed by atoms with E-state index < -0.39 is 5.92 Å². The molecule has 1 fully saturated rings. The summed E-state index contributed by atoms with van der Waals surface area (Å²) in [5.74, 6) is -0.690. The van der Waals surface area contributed by atoms with Crippen LogP contribution in [0.3, 0.4) is 0 Å². The Morgan fingerprint density at radius 1 is 0.907 bits per heavy atom. The third-order valence-electron chi connectivity index (χ3n) is 7.50. The minimum absolute atomic E-state index is 0.190. The van der Waals surface area contributed by atoms with E-state index in [9.17, 15) is 8.78 Å². The van der Waals surface area contributed by atoms with Gasteiger partial charge in [0.05, 0.1) is 13.1 Å². The van der Waals surface area contributed by atoms with Crippen molar-refractivity contribution in [3.05, 3.63) is 89.9 Å². The number of benzene rings is 2. The maximum atomic E-state index is 14.2. The van der Waals surface area contributed by atoms with Gasteiger partial charge in [0.25, 0.3) is 5.92 Å². The third kappa shape index (κ3) is 6.99. The number of unbranched alkanes of at least 4 members (excludes halogenated alkanes) is 1. The van der Waals surface area contributed by atoms with E-state index in [1.54, 1.807) is 31.2 Å². The standard InChI is InChI=1S/C32H33F2N7S2/c1-2-3-14-27-36-30(40-19-17-32(33,34)22-40)29-31(37-27)41(39-38-29)21-24-11-5-7-13-26(24)25-12-6-4-10-23(25)16-20-42-43-28-15-8-9-18-35-28/h4-13,15,18H,2-3,14,16-17,19-22H2,1H3. The molecule has 0 spiro atoms. The van der Waals surface area contributed by atoms with Gasteiger partial charge in [-0.2, -0.15) is 0 Å². The average Bonchev–Trinajstić information content (AvgIpc) is 3.61. The molecule has 0 radical (unpaired) electrons. The van der Waals surface area contributed by atoms with Gasteiger partial charge in [0.15, 0.2) is 17.0 Å². The Balaban J connectivity index is 1.28. The van der Waals surface area contributed by atoms with Crippen LogP contribution in [0, 0.1) is 0 Å². The third-order valence-corrected chi connectivity index (χ3v) is 9.76. The molecule has 4 heterocycles. The molecule has 11 heteroatoms. The summed E-state index contributed by atoms with van der Waals surface area (Å²) < 4.78 is 30.1. The Bertz CT molecular complexity index is 1680. The molecule has 2 aromatic carbocycles. The predicted molar refractivity (Wildman–Crippen MR) is 171 cm³/mol. The largest absolute Gasteiger partial charge is 0.348 e. The first-order chi connectivity index (χ1) is 21.0. The lowest BCUT2D eigenvalue weighted by molar-refractivity contribution is 0.0257. The number of aryl methyl sites for hydroxylation is 2. The first kappa shape index (κ1) is 29.5. The number of hydrogen-bond donors (Lipinski definition) is 0. The lowest BCUT2D eigenvalue weighted by Crippen LogP contribution is -2.26. The van der Waals surface area contributed by atoms with Gasteiger partial charge in [-0.05, 0) is 58.0 Å². The normalized spacial score (nSPS) is 14.5. The second-order valence-electron chi connectivity index (χ2n) is 10.7. The van der Waals surface area contributed by atoms with Crippen molar-refractivity contribution in [3.8, 4) is 11.1 Å². The van der Waals surface area contributed by atoms with Crippen LogP contribution in [0.5, 0.6) is 0 Å². The Morgan fingerprint density at radius 2 is 1.67 bits per heavy atom. The van der Waals surface area contributed by atoms with E-state index in [-0.39, 0.29) is 19.5 Å². The van der Waals surface area contributed by atoms with Crippen LogP contribution in [0.4, 0.5) is 14.6 Å². The van der Waals surface area contributed by atoms with Crippen LogP contribution >= 0.6 is 21.6 Å². The van der Waals surface area contributed by atoms with Gasteiger partial charge in [0.1, 0.15) is 10.9 Å². The van der Waals surface area contributed by atoms with Gasteiger partial charge >= 0.3 is 0 Å². The second kappa shape index (κ2) is 13.4. The van der Waals surface area contributed by atoms with Crippen molar-refractivity contribution in [1.29, 1.82) is 0 Å². The van der Waals surface area contributed by atoms with Gasteiger partial charge in [0.2, 0.25) is 0 Å². The molecule has 43 heavy (non-hydrogen) atoms. The summed E-state index contributed by atoms with van der Waals surface area (Å²) >= 11 is 0. The summed E-state index contributed by atoms with van der Waals surface area (Å²) in [5.41, 5.74) is 5.72. The molecule has 222 valence electrons. The van der Waals surface area contributed by atoms with Crippen molar-refractivity contribution in [2.45, 2.75) is 56.5 Å². The first-order valence-electron chi connectivity index (χ1n) is 14.6. The zero-order chi connectivity index (χ0) is 29.6. The summed E-state index contributed by atoms with van der Waals surface area (Å²) in [5, 5.41) is 9.89. The molecule has 7 nitrogen and oxygen atoms in total. The minimum Gasteiger partial charge on any atom is -0.348 e. The highest BCUT2D eigenvalue weighted by Gasteiger charge is 2.40. The molecule has 3 aromatic heterocycles. The van der Waals surface area contributed by atoms with E-state index in [0.717, 1.165) is 41.2 Å². The van der Waals surface area contributed by atoms with Crippen molar-refractivity contribution in [3.63, 3.8) is 0 Å². The van der Waals surface area contributed by atoms with E-state index in [0.29, 0.717) is 35.8 Å². The quantitative estimate of drug-likeness (QED) is 0.105. The van der Waals surface area contributed by atoms with Gasteiger partial charge in [-0.3, -0.25) is 0 Å². The van der Waals surface area contributed by atoms with Gasteiger partial charge in [-0.25, -0.2) is 28.4 Å². The lowest BCUT2D eigenvalue weighted by atomic mass is 9.94. The zero-order valence-electron chi connectivity index (χ0n) is 24.0. The maximum Gasteiger partial charge on any atom is 0.266 e. The Hall–Kier alpha value is -3.57. The molecular formula is C32H33F2N7S2. The monoisotopic (exact) mass is 617 g/mol. The predicted octanol–water partition coefficient (Wildman–Crippen LogP) is 7.50. The Labute approximate surface area is 257 Å². The SMILES string of the molecule is CCCCc1nc(N2CCC(F)(F)C2)c2nnn(Cc3ccccc3-c3ccccc3CCSSc3ccccn3)c2n1. The molecule has 1 aliphatic rings. The van der Waals surface area contributed by atoms with Crippen LogP contribution in [0.2, 0.25) is 0 Å². The van der Waals surface area contributed by atoms with Crippen LogP contribution in [0.15, 0.2) is 78.0 Å². The smallest absolute Gasteiger partial charge is 0.266 e. The van der Waals surface area contributed by atoms with Crippen LogP contribution in [-0.4, -0.2) is 54.7 Å². The van der Waals surface area contributed by atoms with Gasteiger partial charge in [-0.15, -0.1) is 5.10 Å². The average molecular weight is 618 g/mol. The van der Waals surface area contributed by atoms with Crippen molar-refractivity contribution in [2.24, 2.45) is 0 Å². The topological polar surface area (TPSA) is 72.6 Å². The summed E-state index contributed by atoms with van der Waals surface area (Å²) in [4.78, 5) is 15.6. The molecule has 1 saturated heterocycles. The van der Waals surface area contributed by atoms with Gasteiger partial charge in [0, 0.05) is 31.3 Å². The highest BCUT2D eigenvalue weighted by atomic mass is 33.1. The molecule has 6 rings (SSSR count). The van der Waals surface area contributed by atoms with Crippen LogP contribution < -0.4 is 4.90 Å². The summed E-state index contributed by atoms with van der Waals surface area (Å²) in [7, 11) is 3.49. The number of nitrogens with zero attached hydrogens (tertiary/aromatic N) is 7. The van der Waals surface area contributed by atoms with E-state index in [1.807, 2.05) is 30.5 Å². The molecule has 0 aliphatic carbocycles. The van der Waals surface area contributed by atoms with Crippen molar-refractivity contribution < 1.29 is 8.78 Å². The minimum atomic E-state index is -2.74. The zero-order valence-corrected chi connectivity index (χ0v) is 25.6. The van der Waals surface area contributed by atoms with Gasteiger partial charge < -0.3 is 4.90 Å². The highest BCUT2D eigenvalue weighted by molar-refractivity contribution is 8.76. The molecule has 0 saturated carbocycles. The van der Waals surface area contributed by atoms with Crippen LogP contribution in [0.25, 0.3) is 22.3 Å². The van der Waals surface area contributed by atoms with E-state index in [2.05, 4.69) is 64.7 Å². The first-order valence-corrected chi connectivity index (χ1v) is 16.9. The number of halogens is 2. The molecule has 0 atom stereocenters. The van der Waals surface area contributed by atoms with Crippen molar-refractivity contribution >= 4 is 38.6 Å². The maximum absolute atomic E-state index is 14.2. The van der Waals surface area contributed by atoms with Crippen LogP contribution in [-0.2, 0) is 19.4 Å². The van der Waals surface area contributed by atoms with E-state index in [4.69, 9.17) is 9.97 Å². The Kier molecular flexibility index (Phi) is 9.18. The molecular weight excluding hydrogens is 585 g/mol. The van der Waals surface area contributed by atoms with Crippen molar-refractivity contribution in [2.75, 3.05) is 23.7 Å². The molecule has 0 amide bonds.